The second-order valence-electron chi connectivity index (χ2n) is 9.90. The fraction of sp³-hybridized carbons (Fsp3) is 0.864. The Hall–Kier alpha value is -1.40. The van der Waals surface area contributed by atoms with E-state index in [0.29, 0.717) is 12.3 Å². The van der Waals surface area contributed by atoms with E-state index in [1.54, 1.807) is 0 Å². The van der Waals surface area contributed by atoms with Gasteiger partial charge in [0, 0.05) is 30.4 Å². The van der Waals surface area contributed by atoms with Gasteiger partial charge in [0.25, 0.3) is 0 Å². The molecule has 4 heterocycles. The molecule has 33 heavy (non-hydrogen) atoms. The summed E-state index contributed by atoms with van der Waals surface area (Å²) in [5.74, 6) is -2.81. The van der Waals surface area contributed by atoms with Crippen LogP contribution < -0.4 is 5.32 Å². The molecule has 1 amide bonds. The van der Waals surface area contributed by atoms with E-state index in [2.05, 4.69) is 24.9 Å². The lowest BCUT2D eigenvalue weighted by molar-refractivity contribution is -0.576. The standard InChI is InChI=1S/C22H33NO9S/c1-11-4-5-14-12(2)19(28-17(25)7-6-16(24)23-15(10-33)18(26)27)29-20-22(14)13(11)8-9-21(3,30-20)31-32-22/h11-15,19-20,33H,4-10H2,1-3H3,(H,23,24)(H,26,27)/t11-,12-,13+,14+,15+,19-,20-,21-,22-/m1/s1. The Kier molecular flexibility index (Phi) is 6.99. The zero-order chi connectivity index (χ0) is 24.0. The lowest BCUT2D eigenvalue weighted by atomic mass is 9.58. The Balaban J connectivity index is 1.41. The number of hydrogen-bond donors (Lipinski definition) is 3. The second-order valence-corrected chi connectivity index (χ2v) is 10.3. The molecule has 10 nitrogen and oxygen atoms in total. The highest BCUT2D eigenvalue weighted by atomic mass is 32.1. The van der Waals surface area contributed by atoms with Crippen molar-refractivity contribution in [1.82, 2.24) is 5.32 Å². The van der Waals surface area contributed by atoms with Gasteiger partial charge in [-0.3, -0.25) is 9.59 Å². The highest BCUT2D eigenvalue weighted by Crippen LogP contribution is 2.60. The largest absolute Gasteiger partial charge is 0.480 e. The van der Waals surface area contributed by atoms with Gasteiger partial charge in [-0.1, -0.05) is 13.8 Å². The van der Waals surface area contributed by atoms with E-state index in [1.807, 2.05) is 13.8 Å². The molecule has 0 aromatic heterocycles. The van der Waals surface area contributed by atoms with E-state index < -0.39 is 47.9 Å². The van der Waals surface area contributed by atoms with Gasteiger partial charge in [-0.25, -0.2) is 14.6 Å². The first-order chi connectivity index (χ1) is 15.6. The molecule has 4 aliphatic heterocycles. The van der Waals surface area contributed by atoms with Crippen LogP contribution in [0.25, 0.3) is 0 Å². The van der Waals surface area contributed by atoms with E-state index in [1.165, 1.54) is 0 Å². The molecule has 0 unspecified atom stereocenters. The van der Waals surface area contributed by atoms with Gasteiger partial charge >= 0.3 is 11.9 Å². The molecule has 1 saturated carbocycles. The summed E-state index contributed by atoms with van der Waals surface area (Å²) in [5.41, 5.74) is -0.741. The van der Waals surface area contributed by atoms with Gasteiger partial charge in [-0.2, -0.15) is 12.6 Å². The number of carbonyl (C=O) groups excluding carboxylic acids is 2. The van der Waals surface area contributed by atoms with Crippen LogP contribution in [0, 0.1) is 23.7 Å². The molecule has 5 fully saturated rings. The molecule has 1 spiro atoms. The van der Waals surface area contributed by atoms with Crippen molar-refractivity contribution in [3.8, 4) is 0 Å². The summed E-state index contributed by atoms with van der Waals surface area (Å²) in [6.45, 7) is 6.02. The highest BCUT2D eigenvalue weighted by molar-refractivity contribution is 7.80. The number of aliphatic carboxylic acids is 1. The quantitative estimate of drug-likeness (QED) is 0.280. The van der Waals surface area contributed by atoms with Crippen LogP contribution in [0.4, 0.5) is 0 Å². The molecular formula is C22H33NO9S. The highest BCUT2D eigenvalue weighted by Gasteiger charge is 2.69. The van der Waals surface area contributed by atoms with Gasteiger partial charge in [0.05, 0.1) is 6.42 Å². The number of amides is 1. The van der Waals surface area contributed by atoms with E-state index >= 15 is 0 Å². The lowest BCUT2D eigenvalue weighted by Gasteiger charge is -2.59. The molecule has 5 aliphatic rings. The topological polar surface area (TPSA) is 130 Å². The van der Waals surface area contributed by atoms with Crippen molar-refractivity contribution < 1.29 is 43.5 Å². The van der Waals surface area contributed by atoms with Crippen LogP contribution in [0.2, 0.25) is 0 Å². The molecule has 2 bridgehead atoms. The number of nitrogens with one attached hydrogen (secondary N) is 1. The van der Waals surface area contributed by atoms with Crippen LogP contribution in [0.5, 0.6) is 0 Å². The average molecular weight is 488 g/mol. The number of ether oxygens (including phenoxy) is 3. The minimum atomic E-state index is -1.18. The van der Waals surface area contributed by atoms with Crippen molar-refractivity contribution in [1.29, 1.82) is 0 Å². The fourth-order valence-corrected chi connectivity index (χ4v) is 6.11. The van der Waals surface area contributed by atoms with E-state index in [4.69, 9.17) is 29.1 Å². The summed E-state index contributed by atoms with van der Waals surface area (Å²) in [6, 6.07) is -1.11. The number of rotatable bonds is 7. The van der Waals surface area contributed by atoms with Crippen molar-refractivity contribution in [2.45, 2.75) is 89.3 Å². The maximum absolute atomic E-state index is 12.5. The van der Waals surface area contributed by atoms with Gasteiger partial charge in [-0.15, -0.1) is 0 Å². The predicted molar refractivity (Wildman–Crippen MR) is 116 cm³/mol. The van der Waals surface area contributed by atoms with Crippen LogP contribution in [-0.4, -0.2) is 58.7 Å². The SMILES string of the molecule is C[C@H]1[C@H](OC(=O)CCC(=O)N[C@@H](CS)C(=O)O)O[C@@H]2O[C@@]3(C)CC[C@H]4[C@H](C)CC[C@@H]1[C@@]24OO3. The van der Waals surface area contributed by atoms with Crippen LogP contribution in [0.1, 0.15) is 59.3 Å². The lowest BCUT2D eigenvalue weighted by Crippen LogP contribution is -2.70. The van der Waals surface area contributed by atoms with Gasteiger partial charge in [0.15, 0.2) is 11.9 Å². The fourth-order valence-electron chi connectivity index (χ4n) is 5.86. The Morgan fingerprint density at radius 3 is 2.61 bits per heavy atom. The van der Waals surface area contributed by atoms with Crippen molar-refractivity contribution in [2.75, 3.05) is 5.75 Å². The monoisotopic (exact) mass is 487 g/mol. The Labute approximate surface area is 198 Å². The first-order valence-electron chi connectivity index (χ1n) is 11.6. The molecule has 0 radical (unpaired) electrons. The molecule has 186 valence electrons. The number of carboxylic acid groups (broad SMARTS) is 1. The summed E-state index contributed by atoms with van der Waals surface area (Å²) in [7, 11) is 0. The first-order valence-corrected chi connectivity index (χ1v) is 12.3. The Morgan fingerprint density at radius 1 is 1.15 bits per heavy atom. The van der Waals surface area contributed by atoms with Crippen LogP contribution >= 0.6 is 12.6 Å². The minimum absolute atomic E-state index is 0.0212. The second kappa shape index (κ2) is 9.33. The molecule has 1 aliphatic carbocycles. The Bertz CT molecular complexity index is 796. The van der Waals surface area contributed by atoms with Crippen molar-refractivity contribution in [3.63, 3.8) is 0 Å². The molecule has 11 heteroatoms. The smallest absolute Gasteiger partial charge is 0.327 e. The van der Waals surface area contributed by atoms with Gasteiger partial charge in [-0.05, 0) is 38.0 Å². The molecule has 2 N–H and O–H groups in total. The summed E-state index contributed by atoms with van der Waals surface area (Å²) < 4.78 is 18.0. The molecule has 5 rings (SSSR count). The third-order valence-electron chi connectivity index (χ3n) is 7.72. The van der Waals surface area contributed by atoms with Crippen LogP contribution in [0.15, 0.2) is 0 Å². The zero-order valence-electron chi connectivity index (χ0n) is 19.2. The van der Waals surface area contributed by atoms with Gasteiger partial charge in [0.1, 0.15) is 6.04 Å². The zero-order valence-corrected chi connectivity index (χ0v) is 20.0. The van der Waals surface area contributed by atoms with Crippen molar-refractivity contribution in [2.24, 2.45) is 23.7 Å². The number of fused-ring (bicyclic) bond motifs is 2. The summed E-state index contributed by atoms with van der Waals surface area (Å²) in [6.07, 6.45) is 1.54. The summed E-state index contributed by atoms with van der Waals surface area (Å²) in [4.78, 5) is 47.4. The normalized spacial score (nSPS) is 42.5. The number of carboxylic acids is 1. The third kappa shape index (κ3) is 4.50. The number of thiol groups is 1. The summed E-state index contributed by atoms with van der Waals surface area (Å²) >= 11 is 3.90. The number of hydrogen-bond acceptors (Lipinski definition) is 9. The number of esters is 1. The van der Waals surface area contributed by atoms with Crippen molar-refractivity contribution >= 4 is 30.5 Å². The van der Waals surface area contributed by atoms with Crippen LogP contribution in [0.3, 0.4) is 0 Å². The maximum Gasteiger partial charge on any atom is 0.327 e. The molecule has 0 aromatic rings. The van der Waals surface area contributed by atoms with E-state index in [0.717, 1.165) is 19.3 Å². The Morgan fingerprint density at radius 2 is 1.91 bits per heavy atom. The maximum atomic E-state index is 12.5. The molecule has 9 atom stereocenters. The van der Waals surface area contributed by atoms with E-state index in [-0.39, 0.29) is 36.3 Å². The average Bonchev–Trinajstić information content (AvgIpc) is 3.00. The van der Waals surface area contributed by atoms with E-state index in [9.17, 15) is 14.4 Å². The molecule has 4 saturated heterocycles. The summed E-state index contributed by atoms with van der Waals surface area (Å²) in [5, 5.41) is 11.3. The van der Waals surface area contributed by atoms with Crippen LogP contribution in [-0.2, 0) is 38.4 Å². The first kappa shape index (κ1) is 24.7. The minimum Gasteiger partial charge on any atom is -0.480 e. The number of carbonyl (C=O) groups is 3. The van der Waals surface area contributed by atoms with Crippen molar-refractivity contribution in [3.05, 3.63) is 0 Å². The third-order valence-corrected chi connectivity index (χ3v) is 8.08. The van der Waals surface area contributed by atoms with Gasteiger partial charge in [0.2, 0.25) is 18.0 Å². The predicted octanol–water partition coefficient (Wildman–Crippen LogP) is 2.02. The molecular weight excluding hydrogens is 454 g/mol. The molecule has 0 aromatic carbocycles. The van der Waals surface area contributed by atoms with Gasteiger partial charge < -0.3 is 24.6 Å².